The Kier molecular flexibility index (Phi) is 5.76. The van der Waals surface area contributed by atoms with E-state index < -0.39 is 15.8 Å². The highest BCUT2D eigenvalue weighted by atomic mass is 32.2. The van der Waals surface area contributed by atoms with Crippen LogP contribution in [0.3, 0.4) is 0 Å². The highest BCUT2D eigenvalue weighted by molar-refractivity contribution is 7.91. The fraction of sp³-hybridized carbons (Fsp3) is 0.889. The van der Waals surface area contributed by atoms with Gasteiger partial charge in [-0.25, -0.2) is 8.42 Å². The van der Waals surface area contributed by atoms with Crippen molar-refractivity contribution in [3.05, 3.63) is 0 Å². The highest BCUT2D eigenvalue weighted by Crippen LogP contribution is 2.08. The van der Waals surface area contributed by atoms with Crippen molar-refractivity contribution in [2.75, 3.05) is 11.5 Å². The van der Waals surface area contributed by atoms with Crippen LogP contribution < -0.4 is 0 Å². The van der Waals surface area contributed by atoms with E-state index in [1.807, 2.05) is 6.92 Å². The van der Waals surface area contributed by atoms with Crippen LogP contribution in [0.2, 0.25) is 0 Å². The molecule has 84 valence electrons. The van der Waals surface area contributed by atoms with Crippen LogP contribution in [0.1, 0.15) is 33.1 Å². The Labute approximate surface area is 85.2 Å². The van der Waals surface area contributed by atoms with E-state index in [-0.39, 0.29) is 5.92 Å². The van der Waals surface area contributed by atoms with Gasteiger partial charge in [-0.3, -0.25) is 4.79 Å². The van der Waals surface area contributed by atoms with Gasteiger partial charge in [0.2, 0.25) is 0 Å². The molecule has 0 saturated carbocycles. The molecule has 0 bridgehead atoms. The number of aliphatic carboxylic acids is 1. The Morgan fingerprint density at radius 2 is 1.79 bits per heavy atom. The van der Waals surface area contributed by atoms with Crippen LogP contribution in [0.5, 0.6) is 0 Å². The first-order chi connectivity index (χ1) is 6.39. The Morgan fingerprint density at radius 3 is 1.86 bits per heavy atom. The van der Waals surface area contributed by atoms with Gasteiger partial charge in [0.25, 0.3) is 0 Å². The van der Waals surface area contributed by atoms with Crippen LogP contribution in [-0.2, 0) is 14.6 Å². The van der Waals surface area contributed by atoms with E-state index in [0.717, 1.165) is 19.3 Å². The van der Waals surface area contributed by atoms with E-state index in [2.05, 4.69) is 0 Å². The lowest BCUT2D eigenvalue weighted by atomic mass is 10.1. The average Bonchev–Trinajstić information content (AvgIpc) is 2.49. The number of carbonyl (C=O) groups is 1. The predicted octanol–water partition coefficient (Wildman–Crippen LogP) is 1.31. The minimum atomic E-state index is -2.55. The number of hydrogen-bond acceptors (Lipinski definition) is 3. The lowest BCUT2D eigenvalue weighted by molar-refractivity contribution is -0.141. The van der Waals surface area contributed by atoms with Crippen LogP contribution >= 0.6 is 0 Å². The number of carboxylic acids is 1. The summed E-state index contributed by atoms with van der Waals surface area (Å²) in [6.07, 6.45) is 2.47. The molecule has 1 unspecified atom stereocenters. The van der Waals surface area contributed by atoms with E-state index in [4.69, 9.17) is 5.11 Å². The molecule has 5 heteroatoms. The maximum absolute atomic E-state index is 10.4. The monoisotopic (exact) mass is 222 g/mol. The lowest BCUT2D eigenvalue weighted by Gasteiger charge is -1.96. The Hall–Kier alpha value is -0.580. The second-order valence-corrected chi connectivity index (χ2v) is 5.81. The predicted molar refractivity (Wildman–Crippen MR) is 55.0 cm³/mol. The zero-order chi connectivity index (χ0) is 11.2. The first kappa shape index (κ1) is 13.4. The minimum absolute atomic E-state index is 0.181. The zero-order valence-corrected chi connectivity index (χ0v) is 9.51. The van der Waals surface area contributed by atoms with Crippen molar-refractivity contribution in [1.29, 1.82) is 0 Å². The summed E-state index contributed by atoms with van der Waals surface area (Å²) < 4.78 is 20.9. The van der Waals surface area contributed by atoms with Gasteiger partial charge >= 0.3 is 5.97 Å². The molecule has 1 saturated heterocycles. The molecule has 0 aromatic rings. The molecule has 1 fully saturated rings. The summed E-state index contributed by atoms with van der Waals surface area (Å²) in [5.74, 6) is -0.0394. The van der Waals surface area contributed by atoms with Crippen molar-refractivity contribution in [1.82, 2.24) is 0 Å². The Morgan fingerprint density at radius 1 is 1.36 bits per heavy atom. The van der Waals surface area contributed by atoms with Crippen LogP contribution in [-0.4, -0.2) is 31.0 Å². The lowest BCUT2D eigenvalue weighted by Crippen LogP contribution is -2.06. The molecule has 0 aromatic carbocycles. The summed E-state index contributed by atoms with van der Waals surface area (Å²) in [4.78, 5) is 9.93. The molecule has 1 atom stereocenters. The summed E-state index contributed by atoms with van der Waals surface area (Å²) >= 11 is 0. The van der Waals surface area contributed by atoms with Crippen molar-refractivity contribution in [3.63, 3.8) is 0 Å². The molecular formula is C9H18O4S. The minimum Gasteiger partial charge on any atom is -0.481 e. The van der Waals surface area contributed by atoms with Crippen molar-refractivity contribution in [2.45, 2.75) is 33.1 Å². The molecule has 1 heterocycles. The fourth-order valence-corrected chi connectivity index (χ4v) is 2.41. The smallest absolute Gasteiger partial charge is 0.306 e. The van der Waals surface area contributed by atoms with Gasteiger partial charge < -0.3 is 5.11 Å². The van der Waals surface area contributed by atoms with Gasteiger partial charge in [0, 0.05) is 0 Å². The van der Waals surface area contributed by atoms with Gasteiger partial charge in [-0.15, -0.1) is 0 Å². The molecule has 0 spiro atoms. The van der Waals surface area contributed by atoms with E-state index in [0.29, 0.717) is 11.5 Å². The van der Waals surface area contributed by atoms with E-state index in [1.165, 1.54) is 0 Å². The summed E-state index contributed by atoms with van der Waals surface area (Å²) in [5.41, 5.74) is 0. The quantitative estimate of drug-likeness (QED) is 0.764. The number of carboxylic acid groups (broad SMARTS) is 1. The largest absolute Gasteiger partial charge is 0.481 e. The van der Waals surface area contributed by atoms with Crippen molar-refractivity contribution >= 4 is 15.8 Å². The van der Waals surface area contributed by atoms with Crippen LogP contribution in [0, 0.1) is 5.92 Å². The topological polar surface area (TPSA) is 71.4 Å². The van der Waals surface area contributed by atoms with Gasteiger partial charge in [-0.1, -0.05) is 13.8 Å². The van der Waals surface area contributed by atoms with Gasteiger partial charge in [-0.05, 0) is 19.3 Å². The normalized spacial score (nSPS) is 20.7. The SMILES string of the molecule is CCC(C)C(=O)O.O=S1(=O)CCCC1. The van der Waals surface area contributed by atoms with Crippen LogP contribution in [0.25, 0.3) is 0 Å². The molecule has 0 radical (unpaired) electrons. The summed E-state index contributed by atoms with van der Waals surface area (Å²) in [5, 5.41) is 8.18. The van der Waals surface area contributed by atoms with Gasteiger partial charge in [0.15, 0.2) is 0 Å². The molecule has 1 N–H and O–H groups in total. The first-order valence-electron chi connectivity index (χ1n) is 4.82. The first-order valence-corrected chi connectivity index (χ1v) is 6.64. The zero-order valence-electron chi connectivity index (χ0n) is 8.69. The fourth-order valence-electron chi connectivity index (χ4n) is 0.921. The molecular weight excluding hydrogens is 204 g/mol. The summed E-state index contributed by atoms with van der Waals surface area (Å²) in [7, 11) is -2.55. The number of hydrogen-bond donors (Lipinski definition) is 1. The third kappa shape index (κ3) is 5.96. The Bertz CT molecular complexity index is 257. The maximum atomic E-state index is 10.4. The van der Waals surface area contributed by atoms with Crippen LogP contribution in [0.15, 0.2) is 0 Å². The second kappa shape index (κ2) is 6.01. The van der Waals surface area contributed by atoms with Gasteiger partial charge in [-0.2, -0.15) is 0 Å². The molecule has 0 aliphatic carbocycles. The standard InChI is InChI=1S/C5H10O2.C4H8O2S/c1-3-4(2)5(6)7;5-7(6)3-1-2-4-7/h4H,3H2,1-2H3,(H,6,7);1-4H2. The van der Waals surface area contributed by atoms with Crippen molar-refractivity contribution in [3.8, 4) is 0 Å². The van der Waals surface area contributed by atoms with E-state index in [1.54, 1.807) is 6.92 Å². The second-order valence-electron chi connectivity index (χ2n) is 3.51. The molecule has 14 heavy (non-hydrogen) atoms. The summed E-state index contributed by atoms with van der Waals surface area (Å²) in [6.45, 7) is 3.56. The molecule has 0 aromatic heterocycles. The highest BCUT2D eigenvalue weighted by Gasteiger charge is 2.16. The molecule has 1 rings (SSSR count). The third-order valence-corrected chi connectivity index (χ3v) is 4.02. The molecule has 1 aliphatic heterocycles. The van der Waals surface area contributed by atoms with E-state index >= 15 is 0 Å². The molecule has 0 amide bonds. The van der Waals surface area contributed by atoms with Crippen molar-refractivity contribution in [2.24, 2.45) is 5.92 Å². The molecule has 1 aliphatic rings. The Balaban J connectivity index is 0.000000241. The number of rotatable bonds is 2. The maximum Gasteiger partial charge on any atom is 0.306 e. The van der Waals surface area contributed by atoms with Crippen molar-refractivity contribution < 1.29 is 18.3 Å². The van der Waals surface area contributed by atoms with Gasteiger partial charge in [0.05, 0.1) is 17.4 Å². The number of sulfone groups is 1. The van der Waals surface area contributed by atoms with Gasteiger partial charge in [0.1, 0.15) is 9.84 Å². The summed E-state index contributed by atoms with van der Waals surface area (Å²) in [6, 6.07) is 0. The average molecular weight is 222 g/mol. The molecule has 4 nitrogen and oxygen atoms in total. The van der Waals surface area contributed by atoms with Crippen LogP contribution in [0.4, 0.5) is 0 Å². The van der Waals surface area contributed by atoms with E-state index in [9.17, 15) is 13.2 Å². The third-order valence-electron chi connectivity index (χ3n) is 2.19.